The van der Waals surface area contributed by atoms with Gasteiger partial charge < -0.3 is 9.88 Å². The van der Waals surface area contributed by atoms with Crippen LogP contribution in [0.1, 0.15) is 33.6 Å². The number of hydrogen-bond acceptors (Lipinski definition) is 2. The minimum Gasteiger partial charge on any atom is -0.317 e. The van der Waals surface area contributed by atoms with Gasteiger partial charge in [-0.15, -0.1) is 0 Å². The number of rotatable bonds is 2. The van der Waals surface area contributed by atoms with Crippen molar-refractivity contribution in [1.29, 1.82) is 0 Å². The maximum atomic E-state index is 12.1. The van der Waals surface area contributed by atoms with E-state index in [4.69, 9.17) is 0 Å². The van der Waals surface area contributed by atoms with E-state index in [0.29, 0.717) is 5.70 Å². The Balaban J connectivity index is 2.13. The van der Waals surface area contributed by atoms with Crippen LogP contribution in [-0.2, 0) is 4.79 Å². The van der Waals surface area contributed by atoms with Gasteiger partial charge >= 0.3 is 6.03 Å². The number of nitrogens with zero attached hydrogens (tertiary/aromatic N) is 2. The van der Waals surface area contributed by atoms with Crippen molar-refractivity contribution < 1.29 is 9.59 Å². The Labute approximate surface area is 147 Å². The van der Waals surface area contributed by atoms with Gasteiger partial charge in [0.25, 0.3) is 5.91 Å². The first kappa shape index (κ1) is 17.0. The van der Waals surface area contributed by atoms with Crippen LogP contribution in [0.4, 0.5) is 4.79 Å². The Morgan fingerprint density at radius 3 is 2.08 bits per heavy atom. The van der Waals surface area contributed by atoms with Crippen molar-refractivity contribution in [2.75, 3.05) is 7.05 Å². The van der Waals surface area contributed by atoms with Crippen LogP contribution in [0, 0.1) is 34.6 Å². The van der Waals surface area contributed by atoms with Crippen LogP contribution in [0.15, 0.2) is 23.9 Å². The molecule has 1 N–H and O–H groups in total. The van der Waals surface area contributed by atoms with Crippen LogP contribution in [0.3, 0.4) is 0 Å². The topological polar surface area (TPSA) is 54.3 Å². The number of benzene rings is 1. The van der Waals surface area contributed by atoms with Gasteiger partial charge in [-0.25, -0.2) is 4.79 Å². The van der Waals surface area contributed by atoms with Crippen molar-refractivity contribution in [3.05, 3.63) is 57.5 Å². The molecule has 0 bridgehead atoms. The van der Waals surface area contributed by atoms with Gasteiger partial charge in [-0.3, -0.25) is 9.69 Å². The molecule has 1 aromatic carbocycles. The summed E-state index contributed by atoms with van der Waals surface area (Å²) in [6.07, 6.45) is 1.75. The van der Waals surface area contributed by atoms with E-state index in [-0.39, 0.29) is 5.91 Å². The number of imide groups is 1. The fourth-order valence-electron chi connectivity index (χ4n) is 3.58. The molecule has 0 radical (unpaired) electrons. The summed E-state index contributed by atoms with van der Waals surface area (Å²) in [5.74, 6) is -0.308. The molecule has 0 saturated carbocycles. The number of aromatic nitrogens is 1. The normalized spacial score (nSPS) is 16.1. The van der Waals surface area contributed by atoms with Gasteiger partial charge in [-0.2, -0.15) is 0 Å². The zero-order valence-electron chi connectivity index (χ0n) is 15.5. The first-order valence-corrected chi connectivity index (χ1v) is 8.28. The largest absolute Gasteiger partial charge is 0.328 e. The Bertz CT molecular complexity index is 912. The van der Waals surface area contributed by atoms with Gasteiger partial charge in [-0.05, 0) is 63.5 Å². The second-order valence-corrected chi connectivity index (χ2v) is 6.76. The number of carbonyl (C=O) groups is 2. The van der Waals surface area contributed by atoms with Gasteiger partial charge in [0, 0.05) is 18.4 Å². The van der Waals surface area contributed by atoms with Crippen molar-refractivity contribution in [3.63, 3.8) is 0 Å². The van der Waals surface area contributed by atoms with Crippen molar-refractivity contribution in [1.82, 2.24) is 14.8 Å². The molecule has 1 aliphatic heterocycles. The van der Waals surface area contributed by atoms with Crippen LogP contribution in [0.25, 0.3) is 11.8 Å². The molecule has 0 atom stereocenters. The lowest BCUT2D eigenvalue weighted by atomic mass is 10.0. The second kappa shape index (κ2) is 5.92. The van der Waals surface area contributed by atoms with Crippen LogP contribution in [0.5, 0.6) is 0 Å². The minimum atomic E-state index is -0.393. The molecule has 5 heteroatoms. The molecule has 130 valence electrons. The third-order valence-electron chi connectivity index (χ3n) is 4.71. The Morgan fingerprint density at radius 1 is 0.960 bits per heavy atom. The minimum absolute atomic E-state index is 0.308. The number of carbonyl (C=O) groups excluding carboxylic acids is 2. The molecule has 25 heavy (non-hydrogen) atoms. The lowest BCUT2D eigenvalue weighted by molar-refractivity contribution is -0.121. The molecule has 0 unspecified atom stereocenters. The first-order chi connectivity index (χ1) is 11.7. The molecule has 3 rings (SSSR count). The molecule has 3 amide bonds. The van der Waals surface area contributed by atoms with Gasteiger partial charge in [0.15, 0.2) is 0 Å². The van der Waals surface area contributed by atoms with E-state index in [9.17, 15) is 9.59 Å². The molecule has 5 nitrogen and oxygen atoms in total. The molecule has 1 aromatic heterocycles. The SMILES string of the molecule is Cc1cc(C)c(-n2c(C)cc(/C=C3/NC(=O)N(C)C3=O)c2C)c(C)c1. The number of urea groups is 1. The van der Waals surface area contributed by atoms with E-state index in [0.717, 1.165) is 21.9 Å². The van der Waals surface area contributed by atoms with E-state index in [2.05, 4.69) is 49.7 Å². The summed E-state index contributed by atoms with van der Waals surface area (Å²) in [5.41, 5.74) is 8.20. The highest BCUT2D eigenvalue weighted by molar-refractivity contribution is 6.13. The van der Waals surface area contributed by atoms with Crippen molar-refractivity contribution in [2.24, 2.45) is 0 Å². The second-order valence-electron chi connectivity index (χ2n) is 6.76. The molecular formula is C20H23N3O2. The third-order valence-corrected chi connectivity index (χ3v) is 4.71. The number of aryl methyl sites for hydroxylation is 4. The first-order valence-electron chi connectivity index (χ1n) is 8.28. The van der Waals surface area contributed by atoms with Crippen LogP contribution >= 0.6 is 0 Å². The van der Waals surface area contributed by atoms with Crippen LogP contribution < -0.4 is 5.32 Å². The summed E-state index contributed by atoms with van der Waals surface area (Å²) < 4.78 is 2.21. The molecule has 0 aliphatic carbocycles. The fraction of sp³-hybridized carbons (Fsp3) is 0.300. The highest BCUT2D eigenvalue weighted by atomic mass is 16.2. The maximum Gasteiger partial charge on any atom is 0.328 e. The van der Waals surface area contributed by atoms with E-state index < -0.39 is 6.03 Å². The van der Waals surface area contributed by atoms with Crippen LogP contribution in [-0.4, -0.2) is 28.5 Å². The highest BCUT2D eigenvalue weighted by Gasteiger charge is 2.30. The van der Waals surface area contributed by atoms with E-state index in [1.165, 1.54) is 29.4 Å². The molecule has 1 fully saturated rings. The fourth-order valence-corrected chi connectivity index (χ4v) is 3.58. The summed E-state index contributed by atoms with van der Waals surface area (Å²) in [4.78, 5) is 24.8. The Hall–Kier alpha value is -2.82. The number of nitrogens with one attached hydrogen (secondary N) is 1. The van der Waals surface area contributed by atoms with Crippen molar-refractivity contribution in [3.8, 4) is 5.69 Å². The summed E-state index contributed by atoms with van der Waals surface area (Å²) in [6, 6.07) is 6.00. The lowest BCUT2D eigenvalue weighted by Crippen LogP contribution is -2.25. The average Bonchev–Trinajstić information content (AvgIpc) is 2.92. The summed E-state index contributed by atoms with van der Waals surface area (Å²) in [6.45, 7) is 10.4. The number of likely N-dealkylation sites (N-methyl/N-ethyl adjacent to an activating group) is 1. The smallest absolute Gasteiger partial charge is 0.317 e. The van der Waals surface area contributed by atoms with E-state index >= 15 is 0 Å². The maximum absolute atomic E-state index is 12.1. The van der Waals surface area contributed by atoms with Gasteiger partial charge in [0.05, 0.1) is 5.69 Å². The monoisotopic (exact) mass is 337 g/mol. The molecule has 1 aliphatic rings. The summed E-state index contributed by atoms with van der Waals surface area (Å²) in [5, 5.41) is 2.62. The third kappa shape index (κ3) is 2.76. The van der Waals surface area contributed by atoms with E-state index in [1.54, 1.807) is 6.08 Å². The van der Waals surface area contributed by atoms with Crippen LogP contribution in [0.2, 0.25) is 0 Å². The molecule has 2 heterocycles. The van der Waals surface area contributed by atoms with Crippen molar-refractivity contribution in [2.45, 2.75) is 34.6 Å². The predicted molar refractivity (Wildman–Crippen MR) is 98.7 cm³/mol. The molecule has 2 aromatic rings. The van der Waals surface area contributed by atoms with Gasteiger partial charge in [0.1, 0.15) is 5.70 Å². The Kier molecular flexibility index (Phi) is 4.03. The average molecular weight is 337 g/mol. The zero-order valence-corrected chi connectivity index (χ0v) is 15.5. The number of amides is 3. The van der Waals surface area contributed by atoms with Gasteiger partial charge in [0.2, 0.25) is 0 Å². The Morgan fingerprint density at radius 2 is 1.56 bits per heavy atom. The lowest BCUT2D eigenvalue weighted by Gasteiger charge is -2.17. The molecule has 1 saturated heterocycles. The highest BCUT2D eigenvalue weighted by Crippen LogP contribution is 2.28. The van der Waals surface area contributed by atoms with Gasteiger partial charge in [-0.1, -0.05) is 17.7 Å². The molecular weight excluding hydrogens is 314 g/mol. The number of hydrogen-bond donors (Lipinski definition) is 1. The van der Waals surface area contributed by atoms with E-state index in [1.807, 2.05) is 13.0 Å². The zero-order chi connectivity index (χ0) is 18.5. The predicted octanol–water partition coefficient (Wildman–Crippen LogP) is 3.54. The molecule has 0 spiro atoms. The summed E-state index contributed by atoms with van der Waals surface area (Å²) >= 11 is 0. The van der Waals surface area contributed by atoms with Crippen molar-refractivity contribution >= 4 is 18.0 Å². The summed E-state index contributed by atoms with van der Waals surface area (Å²) in [7, 11) is 1.47. The quantitative estimate of drug-likeness (QED) is 0.673. The standard InChI is InChI=1S/C20H23N3O2/c1-11-7-12(2)18(13(3)8-11)23-14(4)9-16(15(23)5)10-17-19(24)22(6)20(25)21-17/h7-10H,1-6H3,(H,21,25)/b17-10+.